The molecule has 0 aliphatic rings. The van der Waals surface area contributed by atoms with Gasteiger partial charge in [-0.1, -0.05) is 32.0 Å². The number of benzene rings is 1. The standard InChI is InChI=1S/C18H24N2/c1-4-5-13-20-14-16(9-8-12-19-15(2)3)17-10-6-7-11-18(17)20/h1,6-7,10-11,14-15,19H,5,8-9,12-13H2,2-3H3. The molecule has 1 heterocycles. The van der Waals surface area contributed by atoms with Crippen molar-refractivity contribution in [1.82, 2.24) is 9.88 Å². The summed E-state index contributed by atoms with van der Waals surface area (Å²) < 4.78 is 2.29. The summed E-state index contributed by atoms with van der Waals surface area (Å²) in [5.41, 5.74) is 2.73. The molecule has 0 saturated heterocycles. The number of nitrogens with one attached hydrogen (secondary N) is 1. The van der Waals surface area contributed by atoms with Gasteiger partial charge in [0.25, 0.3) is 0 Å². The van der Waals surface area contributed by atoms with E-state index in [1.165, 1.54) is 22.9 Å². The van der Waals surface area contributed by atoms with Gasteiger partial charge in [0.2, 0.25) is 0 Å². The quantitative estimate of drug-likeness (QED) is 0.600. The average Bonchev–Trinajstić information content (AvgIpc) is 2.80. The van der Waals surface area contributed by atoms with E-state index in [4.69, 9.17) is 6.42 Å². The van der Waals surface area contributed by atoms with Crippen molar-refractivity contribution >= 4 is 10.9 Å². The molecule has 2 nitrogen and oxygen atoms in total. The summed E-state index contributed by atoms with van der Waals surface area (Å²) in [6, 6.07) is 9.17. The Balaban J connectivity index is 2.10. The van der Waals surface area contributed by atoms with Crippen LogP contribution < -0.4 is 5.32 Å². The molecule has 1 N–H and O–H groups in total. The van der Waals surface area contributed by atoms with Gasteiger partial charge in [0, 0.05) is 36.1 Å². The topological polar surface area (TPSA) is 17.0 Å². The number of para-hydroxylation sites is 1. The van der Waals surface area contributed by atoms with Crippen LogP contribution in [0.5, 0.6) is 0 Å². The number of aryl methyl sites for hydroxylation is 2. The van der Waals surface area contributed by atoms with Crippen LogP contribution in [0, 0.1) is 12.3 Å². The minimum absolute atomic E-state index is 0.562. The van der Waals surface area contributed by atoms with Crippen LogP contribution >= 0.6 is 0 Å². The molecule has 0 fully saturated rings. The van der Waals surface area contributed by atoms with Crippen LogP contribution in [0.2, 0.25) is 0 Å². The third-order valence-electron chi connectivity index (χ3n) is 3.54. The second-order valence-corrected chi connectivity index (χ2v) is 5.53. The Hall–Kier alpha value is -1.72. The zero-order valence-electron chi connectivity index (χ0n) is 12.5. The van der Waals surface area contributed by atoms with E-state index in [1.54, 1.807) is 0 Å². The number of fused-ring (bicyclic) bond motifs is 1. The van der Waals surface area contributed by atoms with Crippen LogP contribution in [-0.2, 0) is 13.0 Å². The Morgan fingerprint density at radius 3 is 2.85 bits per heavy atom. The number of terminal acetylenes is 1. The van der Waals surface area contributed by atoms with Gasteiger partial charge in [-0.15, -0.1) is 12.3 Å². The zero-order chi connectivity index (χ0) is 14.4. The highest BCUT2D eigenvalue weighted by atomic mass is 15.0. The summed E-state index contributed by atoms with van der Waals surface area (Å²) >= 11 is 0. The van der Waals surface area contributed by atoms with Gasteiger partial charge in [-0.3, -0.25) is 0 Å². The molecule has 0 spiro atoms. The lowest BCUT2D eigenvalue weighted by Gasteiger charge is -2.07. The van der Waals surface area contributed by atoms with Crippen molar-refractivity contribution in [3.8, 4) is 12.3 Å². The van der Waals surface area contributed by atoms with Crippen LogP contribution in [0.25, 0.3) is 10.9 Å². The number of hydrogen-bond acceptors (Lipinski definition) is 1. The Morgan fingerprint density at radius 2 is 2.10 bits per heavy atom. The third-order valence-corrected chi connectivity index (χ3v) is 3.54. The molecule has 1 aromatic carbocycles. The van der Waals surface area contributed by atoms with Crippen molar-refractivity contribution in [1.29, 1.82) is 0 Å². The van der Waals surface area contributed by atoms with E-state index in [-0.39, 0.29) is 0 Å². The van der Waals surface area contributed by atoms with E-state index in [0.29, 0.717) is 6.04 Å². The normalized spacial score (nSPS) is 11.1. The summed E-state index contributed by atoms with van der Waals surface area (Å²) in [5.74, 6) is 2.72. The van der Waals surface area contributed by atoms with Crippen molar-refractivity contribution in [3.05, 3.63) is 36.0 Å². The predicted octanol–water partition coefficient (Wildman–Crippen LogP) is 3.60. The molecular weight excluding hydrogens is 244 g/mol. The maximum absolute atomic E-state index is 5.38. The summed E-state index contributed by atoms with van der Waals surface area (Å²) in [4.78, 5) is 0. The van der Waals surface area contributed by atoms with Crippen LogP contribution in [0.15, 0.2) is 30.5 Å². The first-order valence-electron chi connectivity index (χ1n) is 7.46. The Labute approximate surface area is 122 Å². The largest absolute Gasteiger partial charge is 0.346 e. The van der Waals surface area contributed by atoms with Gasteiger partial charge < -0.3 is 9.88 Å². The van der Waals surface area contributed by atoms with Gasteiger partial charge in [0.15, 0.2) is 0 Å². The van der Waals surface area contributed by atoms with E-state index >= 15 is 0 Å². The van der Waals surface area contributed by atoms with Crippen molar-refractivity contribution in [2.75, 3.05) is 6.54 Å². The molecule has 2 heteroatoms. The number of nitrogens with zero attached hydrogens (tertiary/aromatic N) is 1. The summed E-state index contributed by atoms with van der Waals surface area (Å²) in [5, 5.41) is 4.84. The highest BCUT2D eigenvalue weighted by Crippen LogP contribution is 2.22. The molecule has 0 aliphatic heterocycles. The van der Waals surface area contributed by atoms with Gasteiger partial charge in [0.05, 0.1) is 0 Å². The van der Waals surface area contributed by atoms with Crippen LogP contribution in [0.3, 0.4) is 0 Å². The molecule has 0 bridgehead atoms. The van der Waals surface area contributed by atoms with Crippen LogP contribution in [0.4, 0.5) is 0 Å². The highest BCUT2D eigenvalue weighted by molar-refractivity contribution is 5.84. The maximum atomic E-state index is 5.38. The molecule has 1 aromatic heterocycles. The Bertz CT molecular complexity index is 587. The summed E-state index contributed by atoms with van der Waals surface area (Å²) in [6.07, 6.45) is 10.7. The Kier molecular flexibility index (Phi) is 5.26. The fraction of sp³-hybridized carbons (Fsp3) is 0.444. The molecular formula is C18H24N2. The predicted molar refractivity (Wildman–Crippen MR) is 86.8 cm³/mol. The second-order valence-electron chi connectivity index (χ2n) is 5.53. The van der Waals surface area contributed by atoms with E-state index in [1.807, 2.05) is 0 Å². The fourth-order valence-corrected chi connectivity index (χ4v) is 2.56. The molecule has 0 aliphatic carbocycles. The minimum atomic E-state index is 0.562. The van der Waals surface area contributed by atoms with Crippen LogP contribution in [-0.4, -0.2) is 17.2 Å². The molecule has 106 valence electrons. The van der Waals surface area contributed by atoms with E-state index < -0.39 is 0 Å². The van der Waals surface area contributed by atoms with Gasteiger partial charge >= 0.3 is 0 Å². The number of hydrogen-bond donors (Lipinski definition) is 1. The lowest BCUT2D eigenvalue weighted by Crippen LogP contribution is -2.23. The smallest absolute Gasteiger partial charge is 0.0483 e. The summed E-state index contributed by atoms with van der Waals surface area (Å²) in [7, 11) is 0. The van der Waals surface area contributed by atoms with Gasteiger partial charge in [0.1, 0.15) is 0 Å². The van der Waals surface area contributed by atoms with Crippen molar-refractivity contribution < 1.29 is 0 Å². The first-order valence-corrected chi connectivity index (χ1v) is 7.46. The molecule has 0 amide bonds. The molecule has 0 radical (unpaired) electrons. The maximum Gasteiger partial charge on any atom is 0.0483 e. The van der Waals surface area contributed by atoms with E-state index in [9.17, 15) is 0 Å². The van der Waals surface area contributed by atoms with Crippen LogP contribution in [0.1, 0.15) is 32.3 Å². The number of aromatic nitrogens is 1. The first kappa shape index (κ1) is 14.7. The molecule has 20 heavy (non-hydrogen) atoms. The van der Waals surface area contributed by atoms with Gasteiger partial charge in [-0.05, 0) is 31.0 Å². The number of rotatable bonds is 7. The molecule has 0 unspecified atom stereocenters. The van der Waals surface area contributed by atoms with E-state index in [0.717, 1.165) is 25.9 Å². The minimum Gasteiger partial charge on any atom is -0.346 e. The molecule has 2 aromatic rings. The van der Waals surface area contributed by atoms with Crippen molar-refractivity contribution in [2.45, 2.75) is 45.7 Å². The zero-order valence-corrected chi connectivity index (χ0v) is 12.5. The Morgan fingerprint density at radius 1 is 1.30 bits per heavy atom. The van der Waals surface area contributed by atoms with Crippen molar-refractivity contribution in [2.24, 2.45) is 0 Å². The average molecular weight is 268 g/mol. The van der Waals surface area contributed by atoms with Gasteiger partial charge in [-0.2, -0.15) is 0 Å². The fourth-order valence-electron chi connectivity index (χ4n) is 2.56. The molecule has 2 rings (SSSR count). The lowest BCUT2D eigenvalue weighted by atomic mass is 10.1. The monoisotopic (exact) mass is 268 g/mol. The third kappa shape index (κ3) is 3.65. The SMILES string of the molecule is C#CCCn1cc(CCCNC(C)C)c2ccccc21. The van der Waals surface area contributed by atoms with E-state index in [2.05, 4.69) is 60.1 Å². The summed E-state index contributed by atoms with van der Waals surface area (Å²) in [6.45, 7) is 6.35. The lowest BCUT2D eigenvalue weighted by molar-refractivity contribution is 0.570. The molecule has 0 atom stereocenters. The van der Waals surface area contributed by atoms with Gasteiger partial charge in [-0.25, -0.2) is 0 Å². The van der Waals surface area contributed by atoms with Crippen molar-refractivity contribution in [3.63, 3.8) is 0 Å². The molecule has 0 saturated carbocycles. The first-order chi connectivity index (χ1) is 9.72. The highest BCUT2D eigenvalue weighted by Gasteiger charge is 2.07. The second kappa shape index (κ2) is 7.17.